The van der Waals surface area contributed by atoms with Crippen LogP contribution >= 0.6 is 23.2 Å². The second-order valence-corrected chi connectivity index (χ2v) is 6.31. The van der Waals surface area contributed by atoms with E-state index in [1.165, 1.54) is 19.3 Å². The van der Waals surface area contributed by atoms with E-state index in [-0.39, 0.29) is 0 Å². The molecule has 23 heavy (non-hydrogen) atoms. The molecule has 0 aliphatic carbocycles. The molecule has 124 valence electrons. The fourth-order valence-electron chi connectivity index (χ4n) is 2.31. The van der Waals surface area contributed by atoms with Crippen molar-refractivity contribution in [3.63, 3.8) is 0 Å². The first-order chi connectivity index (χ1) is 11.2. The van der Waals surface area contributed by atoms with E-state index in [0.29, 0.717) is 16.6 Å². The van der Waals surface area contributed by atoms with Gasteiger partial charge in [-0.25, -0.2) is 0 Å². The second kappa shape index (κ2) is 9.69. The van der Waals surface area contributed by atoms with Crippen molar-refractivity contribution in [1.82, 2.24) is 0 Å². The van der Waals surface area contributed by atoms with Gasteiger partial charge in [0, 0.05) is 17.8 Å². The van der Waals surface area contributed by atoms with E-state index in [9.17, 15) is 0 Å². The van der Waals surface area contributed by atoms with Crippen molar-refractivity contribution in [2.75, 3.05) is 11.9 Å². The summed E-state index contributed by atoms with van der Waals surface area (Å²) in [5, 5.41) is 4.47. The van der Waals surface area contributed by atoms with Crippen LogP contribution in [-0.4, -0.2) is 6.61 Å². The molecule has 0 aromatic heterocycles. The fraction of sp³-hybridized carbons (Fsp3) is 0.368. The van der Waals surface area contributed by atoms with E-state index in [0.717, 1.165) is 30.0 Å². The van der Waals surface area contributed by atoms with Gasteiger partial charge < -0.3 is 10.1 Å². The van der Waals surface area contributed by atoms with Crippen LogP contribution in [0.3, 0.4) is 0 Å². The van der Waals surface area contributed by atoms with Crippen LogP contribution in [0, 0.1) is 0 Å². The first kappa shape index (κ1) is 18.0. The number of rotatable bonds is 9. The zero-order valence-electron chi connectivity index (χ0n) is 13.4. The Labute approximate surface area is 148 Å². The van der Waals surface area contributed by atoms with Crippen molar-refractivity contribution in [2.45, 2.75) is 39.2 Å². The normalized spacial score (nSPS) is 10.6. The number of hydrogen-bond acceptors (Lipinski definition) is 2. The maximum absolute atomic E-state index is 6.04. The number of benzene rings is 2. The SMILES string of the molecule is CCCCCCOc1ccccc1CNc1ccc(Cl)c(Cl)c1. The van der Waals surface area contributed by atoms with Crippen molar-refractivity contribution >= 4 is 28.9 Å². The minimum atomic E-state index is 0.553. The molecule has 0 amide bonds. The van der Waals surface area contributed by atoms with Crippen LogP contribution < -0.4 is 10.1 Å². The lowest BCUT2D eigenvalue weighted by atomic mass is 10.2. The Hall–Kier alpha value is -1.38. The van der Waals surface area contributed by atoms with Crippen LogP contribution in [0.15, 0.2) is 42.5 Å². The molecule has 0 atom stereocenters. The summed E-state index contributed by atoms with van der Waals surface area (Å²) in [6.45, 7) is 3.66. The Bertz CT molecular complexity index is 616. The molecule has 0 unspecified atom stereocenters. The molecular weight excluding hydrogens is 329 g/mol. The highest BCUT2D eigenvalue weighted by molar-refractivity contribution is 6.42. The number of para-hydroxylation sites is 1. The molecule has 1 N–H and O–H groups in total. The number of hydrogen-bond donors (Lipinski definition) is 1. The summed E-state index contributed by atoms with van der Waals surface area (Å²) in [5.41, 5.74) is 2.08. The Morgan fingerprint density at radius 1 is 0.957 bits per heavy atom. The van der Waals surface area contributed by atoms with E-state index >= 15 is 0 Å². The van der Waals surface area contributed by atoms with E-state index in [4.69, 9.17) is 27.9 Å². The number of ether oxygens (including phenoxy) is 1. The number of anilines is 1. The third-order valence-corrected chi connectivity index (χ3v) is 4.37. The third-order valence-electron chi connectivity index (χ3n) is 3.63. The monoisotopic (exact) mass is 351 g/mol. The van der Waals surface area contributed by atoms with E-state index in [1.54, 1.807) is 6.07 Å². The maximum Gasteiger partial charge on any atom is 0.124 e. The average molecular weight is 352 g/mol. The molecule has 0 saturated heterocycles. The van der Waals surface area contributed by atoms with Crippen molar-refractivity contribution in [1.29, 1.82) is 0 Å². The van der Waals surface area contributed by atoms with Crippen molar-refractivity contribution in [3.05, 3.63) is 58.1 Å². The number of nitrogens with one attached hydrogen (secondary N) is 1. The number of unbranched alkanes of at least 4 members (excludes halogenated alkanes) is 3. The van der Waals surface area contributed by atoms with Gasteiger partial charge in [0.25, 0.3) is 0 Å². The molecule has 0 radical (unpaired) electrons. The van der Waals surface area contributed by atoms with Gasteiger partial charge in [-0.3, -0.25) is 0 Å². The molecule has 2 rings (SSSR count). The fourth-order valence-corrected chi connectivity index (χ4v) is 2.60. The predicted octanol–water partition coefficient (Wildman–Crippen LogP) is 6.56. The van der Waals surface area contributed by atoms with Crippen LogP contribution in [0.25, 0.3) is 0 Å². The van der Waals surface area contributed by atoms with Crippen molar-refractivity contribution in [3.8, 4) is 5.75 Å². The minimum Gasteiger partial charge on any atom is -0.493 e. The zero-order chi connectivity index (χ0) is 16.5. The van der Waals surface area contributed by atoms with Gasteiger partial charge in [0.1, 0.15) is 5.75 Å². The number of halogens is 2. The topological polar surface area (TPSA) is 21.3 Å². The van der Waals surface area contributed by atoms with Crippen LogP contribution in [-0.2, 0) is 6.54 Å². The quantitative estimate of drug-likeness (QED) is 0.516. The molecule has 0 spiro atoms. The summed E-state index contributed by atoms with van der Waals surface area (Å²) < 4.78 is 5.93. The van der Waals surface area contributed by atoms with Gasteiger partial charge in [-0.15, -0.1) is 0 Å². The summed E-state index contributed by atoms with van der Waals surface area (Å²) >= 11 is 12.0. The van der Waals surface area contributed by atoms with Crippen molar-refractivity contribution < 1.29 is 4.74 Å². The Balaban J connectivity index is 1.90. The molecule has 0 heterocycles. The van der Waals surface area contributed by atoms with Gasteiger partial charge in [-0.1, -0.05) is 67.6 Å². The molecule has 2 nitrogen and oxygen atoms in total. The van der Waals surface area contributed by atoms with Gasteiger partial charge >= 0.3 is 0 Å². The zero-order valence-corrected chi connectivity index (χ0v) is 15.0. The highest BCUT2D eigenvalue weighted by Crippen LogP contribution is 2.26. The smallest absolute Gasteiger partial charge is 0.124 e. The maximum atomic E-state index is 6.04. The van der Waals surface area contributed by atoms with E-state index < -0.39 is 0 Å². The molecule has 4 heteroatoms. The first-order valence-electron chi connectivity index (χ1n) is 8.10. The largest absolute Gasteiger partial charge is 0.493 e. The van der Waals surface area contributed by atoms with Gasteiger partial charge in [0.05, 0.1) is 16.7 Å². The minimum absolute atomic E-state index is 0.553. The molecule has 2 aromatic carbocycles. The third kappa shape index (κ3) is 5.96. The second-order valence-electron chi connectivity index (χ2n) is 5.50. The van der Waals surface area contributed by atoms with Crippen LogP contribution in [0.4, 0.5) is 5.69 Å². The van der Waals surface area contributed by atoms with Gasteiger partial charge in [0.15, 0.2) is 0 Å². The summed E-state index contributed by atoms with van der Waals surface area (Å²) in [6.07, 6.45) is 4.83. The highest BCUT2D eigenvalue weighted by Gasteiger charge is 2.04. The highest BCUT2D eigenvalue weighted by atomic mass is 35.5. The van der Waals surface area contributed by atoms with Crippen LogP contribution in [0.1, 0.15) is 38.2 Å². The standard InChI is InChI=1S/C19H23Cl2NO/c1-2-3-4-7-12-23-19-9-6-5-8-15(19)14-22-16-10-11-17(20)18(21)13-16/h5-6,8-11,13,22H,2-4,7,12,14H2,1H3. The van der Waals surface area contributed by atoms with Crippen molar-refractivity contribution in [2.24, 2.45) is 0 Å². The van der Waals surface area contributed by atoms with Gasteiger partial charge in [-0.2, -0.15) is 0 Å². The lowest BCUT2D eigenvalue weighted by Crippen LogP contribution is -2.04. The van der Waals surface area contributed by atoms with Gasteiger partial charge in [-0.05, 0) is 30.7 Å². The van der Waals surface area contributed by atoms with E-state index in [2.05, 4.69) is 18.3 Å². The first-order valence-corrected chi connectivity index (χ1v) is 8.86. The Morgan fingerprint density at radius 3 is 2.57 bits per heavy atom. The summed E-state index contributed by atoms with van der Waals surface area (Å²) in [5.74, 6) is 0.941. The molecule has 0 fully saturated rings. The molecule has 2 aromatic rings. The van der Waals surface area contributed by atoms with Crippen LogP contribution in [0.5, 0.6) is 5.75 Å². The summed E-state index contributed by atoms with van der Waals surface area (Å²) in [6, 6.07) is 13.7. The summed E-state index contributed by atoms with van der Waals surface area (Å²) in [4.78, 5) is 0. The molecule has 0 aliphatic heterocycles. The predicted molar refractivity (Wildman–Crippen MR) is 99.9 cm³/mol. The Kier molecular flexibility index (Phi) is 7.57. The summed E-state index contributed by atoms with van der Waals surface area (Å²) in [7, 11) is 0. The van der Waals surface area contributed by atoms with Gasteiger partial charge in [0.2, 0.25) is 0 Å². The lowest BCUT2D eigenvalue weighted by Gasteiger charge is -2.13. The average Bonchev–Trinajstić information content (AvgIpc) is 2.57. The Morgan fingerprint density at radius 2 is 1.78 bits per heavy atom. The molecule has 0 bridgehead atoms. The molecule has 0 aliphatic rings. The van der Waals surface area contributed by atoms with E-state index in [1.807, 2.05) is 30.3 Å². The lowest BCUT2D eigenvalue weighted by molar-refractivity contribution is 0.302. The van der Waals surface area contributed by atoms with Crippen LogP contribution in [0.2, 0.25) is 10.0 Å². The molecule has 0 saturated carbocycles. The molecular formula is C19H23Cl2NO.